The fourth-order valence-electron chi connectivity index (χ4n) is 2.18. The Balaban J connectivity index is 2.02. The number of carboxylic acids is 2. The number of anilines is 1. The van der Waals surface area contributed by atoms with E-state index in [4.69, 9.17) is 5.11 Å². The maximum atomic E-state index is 11.9. The van der Waals surface area contributed by atoms with Crippen LogP contribution in [-0.4, -0.2) is 34.7 Å². The first-order chi connectivity index (χ1) is 11.4. The van der Waals surface area contributed by atoms with Gasteiger partial charge in [0.1, 0.15) is 9.88 Å². The molecule has 2 rings (SSSR count). The van der Waals surface area contributed by atoms with Crippen LogP contribution in [0.5, 0.6) is 0 Å². The van der Waals surface area contributed by atoms with E-state index in [2.05, 4.69) is 10.6 Å². The topological polar surface area (TPSA) is 116 Å². The molecule has 126 valence electrons. The molecule has 4 N–H and O–H groups in total. The molecule has 0 unspecified atom stereocenters. The van der Waals surface area contributed by atoms with Crippen molar-refractivity contribution in [3.05, 3.63) is 51.9 Å². The number of hydrogen-bond acceptors (Lipinski definition) is 4. The van der Waals surface area contributed by atoms with Gasteiger partial charge in [-0.05, 0) is 24.5 Å². The number of amides is 2. The number of rotatable bonds is 6. The summed E-state index contributed by atoms with van der Waals surface area (Å²) in [4.78, 5) is 34.2. The molecule has 0 aliphatic heterocycles. The standard InChI is InChI=1S/C16H16N2O5S/c1-9-11(14(19)20)13(24-12(9)15(21)22)18-16(23)17-8-7-10-5-3-2-4-6-10/h2-6H,7-8H2,1H3,(H,19,20)(H,21,22)(H2,17,18,23). The van der Waals surface area contributed by atoms with Gasteiger partial charge in [0.25, 0.3) is 0 Å². The van der Waals surface area contributed by atoms with Crippen LogP contribution in [0.3, 0.4) is 0 Å². The SMILES string of the molecule is Cc1c(C(=O)O)sc(NC(=O)NCCc2ccccc2)c1C(=O)O. The summed E-state index contributed by atoms with van der Waals surface area (Å²) >= 11 is 0.728. The molecule has 0 atom stereocenters. The predicted octanol–water partition coefficient (Wildman–Crippen LogP) is 2.82. The van der Waals surface area contributed by atoms with Crippen LogP contribution in [0.1, 0.15) is 31.2 Å². The van der Waals surface area contributed by atoms with Crippen molar-refractivity contribution >= 4 is 34.3 Å². The highest BCUT2D eigenvalue weighted by Gasteiger charge is 2.25. The first-order valence-corrected chi connectivity index (χ1v) is 7.90. The number of nitrogens with one attached hydrogen (secondary N) is 2. The van der Waals surface area contributed by atoms with Gasteiger partial charge in [-0.1, -0.05) is 30.3 Å². The highest BCUT2D eigenvalue weighted by atomic mass is 32.1. The highest BCUT2D eigenvalue weighted by Crippen LogP contribution is 2.33. The summed E-state index contributed by atoms with van der Waals surface area (Å²) in [6.45, 7) is 1.77. The van der Waals surface area contributed by atoms with Crippen molar-refractivity contribution in [2.75, 3.05) is 11.9 Å². The minimum atomic E-state index is -1.28. The van der Waals surface area contributed by atoms with Gasteiger partial charge in [0.15, 0.2) is 0 Å². The average Bonchev–Trinajstić information content (AvgIpc) is 2.85. The second-order valence-electron chi connectivity index (χ2n) is 4.99. The number of urea groups is 1. The zero-order valence-electron chi connectivity index (χ0n) is 12.8. The number of benzene rings is 1. The minimum absolute atomic E-state index is 0.00890. The number of thiophene rings is 1. The summed E-state index contributed by atoms with van der Waals surface area (Å²) in [5.41, 5.74) is 0.986. The van der Waals surface area contributed by atoms with Crippen molar-refractivity contribution in [3.63, 3.8) is 0 Å². The Morgan fingerprint density at radius 3 is 2.33 bits per heavy atom. The largest absolute Gasteiger partial charge is 0.478 e. The zero-order valence-corrected chi connectivity index (χ0v) is 13.6. The quantitative estimate of drug-likeness (QED) is 0.641. The molecule has 0 fully saturated rings. The van der Waals surface area contributed by atoms with E-state index in [1.807, 2.05) is 30.3 Å². The maximum Gasteiger partial charge on any atom is 0.346 e. The summed E-state index contributed by atoms with van der Waals surface area (Å²) in [7, 11) is 0. The van der Waals surface area contributed by atoms with Gasteiger partial charge in [-0.3, -0.25) is 5.32 Å². The van der Waals surface area contributed by atoms with Crippen LogP contribution in [0, 0.1) is 6.92 Å². The number of hydrogen-bond donors (Lipinski definition) is 4. The van der Waals surface area contributed by atoms with Crippen molar-refractivity contribution in [3.8, 4) is 0 Å². The molecule has 2 aromatic rings. The molecule has 1 aromatic carbocycles. The van der Waals surface area contributed by atoms with Crippen LogP contribution >= 0.6 is 11.3 Å². The number of carboxylic acid groups (broad SMARTS) is 2. The zero-order chi connectivity index (χ0) is 17.7. The Morgan fingerprint density at radius 1 is 1.08 bits per heavy atom. The summed E-state index contributed by atoms with van der Waals surface area (Å²) in [5, 5.41) is 23.3. The van der Waals surface area contributed by atoms with E-state index in [0.29, 0.717) is 13.0 Å². The van der Waals surface area contributed by atoms with Crippen molar-refractivity contribution in [2.24, 2.45) is 0 Å². The van der Waals surface area contributed by atoms with E-state index < -0.39 is 18.0 Å². The lowest BCUT2D eigenvalue weighted by molar-refractivity contribution is 0.0696. The smallest absolute Gasteiger partial charge is 0.346 e. The van der Waals surface area contributed by atoms with Crippen molar-refractivity contribution < 1.29 is 24.6 Å². The second kappa shape index (κ2) is 7.60. The van der Waals surface area contributed by atoms with Crippen LogP contribution in [0.2, 0.25) is 0 Å². The third-order valence-corrected chi connectivity index (χ3v) is 4.52. The van der Waals surface area contributed by atoms with Gasteiger partial charge < -0.3 is 15.5 Å². The Labute approximate surface area is 141 Å². The normalized spacial score (nSPS) is 10.2. The predicted molar refractivity (Wildman–Crippen MR) is 90.1 cm³/mol. The van der Waals surface area contributed by atoms with Crippen molar-refractivity contribution in [1.29, 1.82) is 0 Å². The van der Waals surface area contributed by atoms with E-state index in [9.17, 15) is 19.5 Å². The molecule has 1 heterocycles. The lowest BCUT2D eigenvalue weighted by atomic mass is 10.1. The lowest BCUT2D eigenvalue weighted by Crippen LogP contribution is -2.30. The number of aromatic carboxylic acids is 2. The van der Waals surface area contributed by atoms with Crippen LogP contribution in [0.15, 0.2) is 30.3 Å². The molecule has 8 heteroatoms. The number of carbonyl (C=O) groups is 3. The Hall–Kier alpha value is -2.87. The Kier molecular flexibility index (Phi) is 5.54. The van der Waals surface area contributed by atoms with Gasteiger partial charge >= 0.3 is 18.0 Å². The van der Waals surface area contributed by atoms with Gasteiger partial charge in [-0.25, -0.2) is 14.4 Å². The summed E-state index contributed by atoms with van der Waals surface area (Å²) in [6, 6.07) is 8.99. The van der Waals surface area contributed by atoms with Crippen molar-refractivity contribution in [1.82, 2.24) is 5.32 Å². The highest BCUT2D eigenvalue weighted by molar-refractivity contribution is 7.18. The minimum Gasteiger partial charge on any atom is -0.478 e. The molecule has 0 aliphatic rings. The molecule has 7 nitrogen and oxygen atoms in total. The molecule has 2 amide bonds. The van der Waals surface area contributed by atoms with E-state index in [1.165, 1.54) is 6.92 Å². The third-order valence-electron chi connectivity index (χ3n) is 3.32. The first kappa shape index (κ1) is 17.5. The van der Waals surface area contributed by atoms with E-state index >= 15 is 0 Å². The Morgan fingerprint density at radius 2 is 1.75 bits per heavy atom. The van der Waals surface area contributed by atoms with Gasteiger partial charge in [-0.2, -0.15) is 0 Å². The third kappa shape index (κ3) is 4.11. The molecule has 0 radical (unpaired) electrons. The monoisotopic (exact) mass is 348 g/mol. The fourth-order valence-corrected chi connectivity index (χ4v) is 3.21. The average molecular weight is 348 g/mol. The maximum absolute atomic E-state index is 11.9. The first-order valence-electron chi connectivity index (χ1n) is 7.09. The van der Waals surface area contributed by atoms with Gasteiger partial charge in [0.05, 0.1) is 5.56 Å². The van der Waals surface area contributed by atoms with E-state index in [-0.39, 0.29) is 21.0 Å². The molecule has 0 aliphatic carbocycles. The van der Waals surface area contributed by atoms with Crippen LogP contribution < -0.4 is 10.6 Å². The van der Waals surface area contributed by atoms with Gasteiger partial charge in [0, 0.05) is 6.54 Å². The van der Waals surface area contributed by atoms with Crippen LogP contribution in [0.25, 0.3) is 0 Å². The van der Waals surface area contributed by atoms with Crippen LogP contribution in [-0.2, 0) is 6.42 Å². The second-order valence-corrected chi connectivity index (χ2v) is 6.01. The summed E-state index contributed by atoms with van der Waals surface area (Å²) in [5.74, 6) is -2.51. The Bertz CT molecular complexity index is 770. The van der Waals surface area contributed by atoms with E-state index in [1.54, 1.807) is 0 Å². The fraction of sp³-hybridized carbons (Fsp3) is 0.188. The molecule has 0 bridgehead atoms. The molecule has 1 aromatic heterocycles. The van der Waals surface area contributed by atoms with Crippen LogP contribution in [0.4, 0.5) is 9.80 Å². The van der Waals surface area contributed by atoms with Crippen molar-refractivity contribution in [2.45, 2.75) is 13.3 Å². The molecule has 24 heavy (non-hydrogen) atoms. The molecule has 0 saturated carbocycles. The molecule has 0 saturated heterocycles. The van der Waals surface area contributed by atoms with Gasteiger partial charge in [0.2, 0.25) is 0 Å². The summed E-state index contributed by atoms with van der Waals surface area (Å²) < 4.78 is 0. The molecular formula is C16H16N2O5S. The molecular weight excluding hydrogens is 332 g/mol. The summed E-state index contributed by atoms with van der Waals surface area (Å²) in [6.07, 6.45) is 0.629. The molecule has 0 spiro atoms. The van der Waals surface area contributed by atoms with Gasteiger partial charge in [-0.15, -0.1) is 11.3 Å². The number of carbonyl (C=O) groups excluding carboxylic acids is 1. The lowest BCUT2D eigenvalue weighted by Gasteiger charge is -2.07. The van der Waals surface area contributed by atoms with E-state index in [0.717, 1.165) is 16.9 Å².